The van der Waals surface area contributed by atoms with Crippen molar-refractivity contribution in [2.75, 3.05) is 5.73 Å². The van der Waals surface area contributed by atoms with E-state index in [1.807, 2.05) is 9.73 Å². The molecule has 3 nitrogen and oxygen atoms in total. The molecule has 0 aliphatic heterocycles. The minimum atomic E-state index is -0.215. The Labute approximate surface area is 54.4 Å². The maximum atomic E-state index is 5.49. The largest absolute Gasteiger partial charge is 0.420 e. The number of hydrogen-bond donors (Lipinski definition) is 1. The molecule has 42 valence electrons. The summed E-state index contributed by atoms with van der Waals surface area (Å²) < 4.78 is 1.88. The van der Waals surface area contributed by atoms with E-state index in [0.717, 1.165) is 5.82 Å². The van der Waals surface area contributed by atoms with Gasteiger partial charge >= 0.3 is 15.4 Å². The van der Waals surface area contributed by atoms with Crippen LogP contribution in [0, 0.1) is 0 Å². The third kappa shape index (κ3) is 0.858. The van der Waals surface area contributed by atoms with Gasteiger partial charge in [-0.3, -0.25) is 0 Å². The normalized spacial score (nSPS) is 9.12. The molecule has 0 spiro atoms. The average molecular weight is 125 g/mol. The average Bonchev–Trinajstić information content (AvgIpc) is 2.14. The lowest BCUT2D eigenvalue weighted by Crippen LogP contribution is -2.06. The van der Waals surface area contributed by atoms with E-state index in [0.29, 0.717) is 0 Å². The number of hydrogen-bond acceptors (Lipinski definition) is 2. The Balaban J connectivity index is 2.92. The third-order valence-corrected chi connectivity index (χ3v) is 2.18. The summed E-state index contributed by atoms with van der Waals surface area (Å²) in [5.74, 6) is 2.93. The Kier molecular flexibility index (Phi) is 1.57. The molecule has 1 heterocycles. The molecular weight excluding hydrogens is 117 g/mol. The first-order valence-electron chi connectivity index (χ1n) is 2.62. The Morgan fingerprint density at radius 2 is 2.62 bits per heavy atom. The smallest absolute Gasteiger partial charge is 0.386 e. The van der Waals surface area contributed by atoms with Gasteiger partial charge in [-0.25, -0.2) is 5.10 Å². The zero-order chi connectivity index (χ0) is 5.98. The van der Waals surface area contributed by atoms with Gasteiger partial charge in [0.2, 0.25) is 0 Å². The first-order valence-corrected chi connectivity index (χ1v) is 4.66. The number of anilines is 1. The second kappa shape index (κ2) is 2.21. The second-order valence-electron chi connectivity index (χ2n) is 1.57. The van der Waals surface area contributed by atoms with E-state index in [-0.39, 0.29) is 15.4 Å². The van der Waals surface area contributed by atoms with Gasteiger partial charge in [0.1, 0.15) is 0 Å². The molecule has 0 atom stereocenters. The highest BCUT2D eigenvalue weighted by Crippen LogP contribution is 1.94. The van der Waals surface area contributed by atoms with Gasteiger partial charge in [0.05, 0.1) is 5.82 Å². The standard InChI is InChI=1S/C3H4N3.CH3.Al.H/c4-3-1-2-5-6-3;;;/h1-2H,(H2-,4,5,6);1H3;;/q-1;;+1;. The molecule has 0 unspecified atom stereocenters. The molecule has 8 heavy (non-hydrogen) atoms. The lowest BCUT2D eigenvalue weighted by molar-refractivity contribution is 0.987. The highest BCUT2D eigenvalue weighted by atomic mass is 27.1. The van der Waals surface area contributed by atoms with Crippen molar-refractivity contribution >= 4 is 21.3 Å². The Morgan fingerprint density at radius 3 is 2.88 bits per heavy atom. The molecule has 0 radical (unpaired) electrons. The summed E-state index contributed by atoms with van der Waals surface area (Å²) in [6.45, 7) is 0. The Bertz CT molecular complexity index is 172. The van der Waals surface area contributed by atoms with Crippen LogP contribution in [0.1, 0.15) is 0 Å². The van der Waals surface area contributed by atoms with E-state index in [1.165, 1.54) is 0 Å². The van der Waals surface area contributed by atoms with E-state index >= 15 is 0 Å². The summed E-state index contributed by atoms with van der Waals surface area (Å²) in [5.41, 5.74) is 5.49. The van der Waals surface area contributed by atoms with E-state index < -0.39 is 0 Å². The molecule has 0 aromatic carbocycles. The number of nitrogens with two attached hydrogens (primary N) is 1. The van der Waals surface area contributed by atoms with Gasteiger partial charge in [-0.1, -0.05) is 5.79 Å². The van der Waals surface area contributed by atoms with Gasteiger partial charge in [0, 0.05) is 6.20 Å². The van der Waals surface area contributed by atoms with Crippen molar-refractivity contribution in [1.82, 2.24) is 8.76 Å². The fourth-order valence-electron chi connectivity index (χ4n) is 0.607. The molecule has 4 heteroatoms. The lowest BCUT2D eigenvalue weighted by atomic mass is 10.7. The third-order valence-electron chi connectivity index (χ3n) is 1.05. The number of nitrogens with zero attached hydrogens (tertiary/aromatic N) is 2. The SMILES string of the molecule is [CH3][AlH][n]1nccc1N. The van der Waals surface area contributed by atoms with Gasteiger partial charge in [-0.2, -0.15) is 0 Å². The first kappa shape index (κ1) is 5.68. The van der Waals surface area contributed by atoms with Crippen LogP contribution in [0.5, 0.6) is 0 Å². The number of nitrogen functional groups attached to an aromatic ring is 1. The summed E-state index contributed by atoms with van der Waals surface area (Å²) in [6.07, 6.45) is 1.73. The highest BCUT2D eigenvalue weighted by molar-refractivity contribution is 6.31. The van der Waals surface area contributed by atoms with Crippen molar-refractivity contribution < 1.29 is 0 Å². The maximum absolute atomic E-state index is 5.49. The predicted molar refractivity (Wildman–Crippen MR) is 35.1 cm³/mol. The van der Waals surface area contributed by atoms with Crippen molar-refractivity contribution in [2.24, 2.45) is 0 Å². The molecular formula is C4H8AlN3. The van der Waals surface area contributed by atoms with Crippen LogP contribution in [0.4, 0.5) is 5.82 Å². The summed E-state index contributed by atoms with van der Waals surface area (Å²) in [6, 6.07) is 1.82. The molecule has 1 aromatic rings. The first-order chi connectivity index (χ1) is 3.84. The van der Waals surface area contributed by atoms with Crippen molar-refractivity contribution in [3.8, 4) is 0 Å². The Morgan fingerprint density at radius 1 is 1.88 bits per heavy atom. The fourth-order valence-corrected chi connectivity index (χ4v) is 1.34. The lowest BCUT2D eigenvalue weighted by Gasteiger charge is -1.94. The van der Waals surface area contributed by atoms with Crippen molar-refractivity contribution in [2.45, 2.75) is 5.79 Å². The molecule has 0 bridgehead atoms. The monoisotopic (exact) mass is 125 g/mol. The number of rotatable bonds is 1. The molecule has 0 saturated carbocycles. The van der Waals surface area contributed by atoms with Crippen LogP contribution in [-0.4, -0.2) is 24.2 Å². The molecule has 1 rings (SSSR count). The molecule has 0 fully saturated rings. The van der Waals surface area contributed by atoms with Gasteiger partial charge in [0.15, 0.2) is 0 Å². The van der Waals surface area contributed by atoms with Crippen LogP contribution in [0.2, 0.25) is 5.79 Å². The van der Waals surface area contributed by atoms with Crippen LogP contribution >= 0.6 is 0 Å². The van der Waals surface area contributed by atoms with E-state index in [9.17, 15) is 0 Å². The van der Waals surface area contributed by atoms with E-state index in [2.05, 4.69) is 10.9 Å². The van der Waals surface area contributed by atoms with E-state index in [1.54, 1.807) is 6.20 Å². The highest BCUT2D eigenvalue weighted by Gasteiger charge is 1.92. The molecule has 0 amide bonds. The minimum absolute atomic E-state index is 0.215. The minimum Gasteiger partial charge on any atom is -0.386 e. The van der Waals surface area contributed by atoms with Crippen molar-refractivity contribution in [1.29, 1.82) is 0 Å². The van der Waals surface area contributed by atoms with Crippen LogP contribution in [0.3, 0.4) is 0 Å². The summed E-state index contributed by atoms with van der Waals surface area (Å²) in [4.78, 5) is 0. The van der Waals surface area contributed by atoms with Crippen LogP contribution in [0.25, 0.3) is 0 Å². The fraction of sp³-hybridized carbons (Fsp3) is 0.250. The quantitative estimate of drug-likeness (QED) is 0.524. The van der Waals surface area contributed by atoms with Gasteiger partial charge in [-0.15, -0.1) is 0 Å². The predicted octanol–water partition coefficient (Wildman–Crippen LogP) is -0.287. The maximum Gasteiger partial charge on any atom is 0.420 e. The van der Waals surface area contributed by atoms with Crippen LogP contribution < -0.4 is 5.73 Å². The molecule has 2 N–H and O–H groups in total. The topological polar surface area (TPSA) is 43.8 Å². The molecule has 0 saturated heterocycles. The van der Waals surface area contributed by atoms with Crippen LogP contribution in [-0.2, 0) is 0 Å². The Hall–Kier alpha value is -0.458. The molecule has 1 aromatic heterocycles. The van der Waals surface area contributed by atoms with Gasteiger partial charge in [-0.05, 0) is 6.07 Å². The molecule has 0 aliphatic carbocycles. The summed E-state index contributed by atoms with van der Waals surface area (Å²) in [7, 11) is 0. The van der Waals surface area contributed by atoms with Gasteiger partial charge < -0.3 is 9.40 Å². The summed E-state index contributed by atoms with van der Waals surface area (Å²) in [5, 5.41) is 3.99. The zero-order valence-electron chi connectivity index (χ0n) is 4.83. The van der Waals surface area contributed by atoms with E-state index in [4.69, 9.17) is 5.73 Å². The molecule has 0 aliphatic rings. The van der Waals surface area contributed by atoms with Crippen molar-refractivity contribution in [3.05, 3.63) is 12.3 Å². The van der Waals surface area contributed by atoms with Crippen LogP contribution in [0.15, 0.2) is 12.3 Å². The summed E-state index contributed by atoms with van der Waals surface area (Å²) >= 11 is -0.215. The number of aromatic nitrogens is 2. The second-order valence-corrected chi connectivity index (χ2v) is 2.80. The van der Waals surface area contributed by atoms with Gasteiger partial charge in [0.25, 0.3) is 0 Å². The van der Waals surface area contributed by atoms with Crippen molar-refractivity contribution in [3.63, 3.8) is 0 Å². The zero-order valence-corrected chi connectivity index (χ0v) is 6.25.